The Hall–Kier alpha value is -4.77. The number of esters is 1. The van der Waals surface area contributed by atoms with Crippen LogP contribution in [0.15, 0.2) is 84.9 Å². The van der Waals surface area contributed by atoms with Gasteiger partial charge in [-0.2, -0.15) is 0 Å². The Morgan fingerprint density at radius 2 is 1.44 bits per heavy atom. The summed E-state index contributed by atoms with van der Waals surface area (Å²) >= 11 is 0. The van der Waals surface area contributed by atoms with Crippen LogP contribution < -0.4 is 5.43 Å². The number of hydrogen-bond donors (Lipinski definition) is 2. The standard InChI is InChI=1S/C28H29N3O8/c1-2-38-27(34)25(18-20-9-5-3-6-10-20)30(28(35)39-19-22-11-7-4-8-12-22)29-24(26(32)33)17-21-13-15-23(16-14-21)31(36)37/h3-16,24-25,29H,2,17-19H2,1H3,(H,32,33)/t24-,25-/m0/s1. The molecule has 0 heterocycles. The van der Waals surface area contributed by atoms with E-state index in [0.717, 1.165) is 5.01 Å². The van der Waals surface area contributed by atoms with Gasteiger partial charge in [0.2, 0.25) is 0 Å². The number of rotatable bonds is 13. The van der Waals surface area contributed by atoms with Gasteiger partial charge in [0, 0.05) is 25.0 Å². The van der Waals surface area contributed by atoms with Gasteiger partial charge in [0.1, 0.15) is 12.6 Å². The van der Waals surface area contributed by atoms with Crippen LogP contribution >= 0.6 is 0 Å². The van der Waals surface area contributed by atoms with Gasteiger partial charge in [-0.1, -0.05) is 72.8 Å². The van der Waals surface area contributed by atoms with Gasteiger partial charge in [-0.15, -0.1) is 0 Å². The van der Waals surface area contributed by atoms with E-state index in [-0.39, 0.29) is 31.7 Å². The number of non-ortho nitro benzene ring substituents is 1. The lowest BCUT2D eigenvalue weighted by atomic mass is 10.0. The Balaban J connectivity index is 1.91. The summed E-state index contributed by atoms with van der Waals surface area (Å²) in [4.78, 5) is 49.0. The number of nitrogens with one attached hydrogen (secondary N) is 1. The van der Waals surface area contributed by atoms with E-state index in [1.807, 2.05) is 6.07 Å². The van der Waals surface area contributed by atoms with Crippen molar-refractivity contribution in [3.63, 3.8) is 0 Å². The Kier molecular flexibility index (Phi) is 10.5. The third-order valence-corrected chi connectivity index (χ3v) is 5.72. The number of benzene rings is 3. The first-order chi connectivity index (χ1) is 18.8. The third kappa shape index (κ3) is 8.64. The summed E-state index contributed by atoms with van der Waals surface area (Å²) in [6, 6.07) is 20.5. The van der Waals surface area contributed by atoms with Gasteiger partial charge in [-0.05, 0) is 23.6 Å². The third-order valence-electron chi connectivity index (χ3n) is 5.72. The summed E-state index contributed by atoms with van der Waals surface area (Å²) in [5.74, 6) is -2.05. The number of carboxylic acid groups (broad SMARTS) is 1. The van der Waals surface area contributed by atoms with Crippen molar-refractivity contribution in [1.82, 2.24) is 10.4 Å². The molecular formula is C28H29N3O8. The molecule has 0 unspecified atom stereocenters. The highest BCUT2D eigenvalue weighted by molar-refractivity contribution is 5.82. The summed E-state index contributed by atoms with van der Waals surface area (Å²) in [6.07, 6.45) is -1.09. The fourth-order valence-electron chi connectivity index (χ4n) is 3.76. The molecule has 3 rings (SSSR count). The predicted octanol–water partition coefficient (Wildman–Crippen LogP) is 3.91. The molecule has 3 aromatic rings. The molecule has 0 radical (unpaired) electrons. The van der Waals surface area contributed by atoms with Crippen molar-refractivity contribution in [1.29, 1.82) is 0 Å². The van der Waals surface area contributed by atoms with Crippen molar-refractivity contribution in [3.05, 3.63) is 112 Å². The lowest BCUT2D eigenvalue weighted by molar-refractivity contribution is -0.384. The predicted molar refractivity (Wildman–Crippen MR) is 140 cm³/mol. The molecule has 0 saturated carbocycles. The minimum atomic E-state index is -1.39. The smallest absolute Gasteiger partial charge is 0.425 e. The highest BCUT2D eigenvalue weighted by atomic mass is 16.6. The lowest BCUT2D eigenvalue weighted by Crippen LogP contribution is -2.59. The van der Waals surface area contributed by atoms with E-state index in [4.69, 9.17) is 9.47 Å². The van der Waals surface area contributed by atoms with E-state index in [0.29, 0.717) is 16.7 Å². The summed E-state index contributed by atoms with van der Waals surface area (Å²) in [7, 11) is 0. The molecule has 0 spiro atoms. The number of hydrazine groups is 1. The van der Waals surface area contributed by atoms with Gasteiger partial charge in [0.25, 0.3) is 5.69 Å². The number of nitro groups is 1. The summed E-state index contributed by atoms with van der Waals surface area (Å²) in [5, 5.41) is 21.8. The van der Waals surface area contributed by atoms with E-state index >= 15 is 0 Å². The van der Waals surface area contributed by atoms with Crippen LogP contribution in [-0.2, 0) is 38.5 Å². The molecule has 0 aliphatic carbocycles. The van der Waals surface area contributed by atoms with E-state index < -0.39 is 35.0 Å². The Morgan fingerprint density at radius 3 is 1.97 bits per heavy atom. The second kappa shape index (κ2) is 14.2. The Morgan fingerprint density at radius 1 is 0.872 bits per heavy atom. The zero-order valence-corrected chi connectivity index (χ0v) is 21.3. The Labute approximate surface area is 225 Å². The van der Waals surface area contributed by atoms with Crippen LogP contribution in [0.4, 0.5) is 10.5 Å². The van der Waals surface area contributed by atoms with Crippen LogP contribution in [0.5, 0.6) is 0 Å². The maximum atomic E-state index is 13.4. The van der Waals surface area contributed by atoms with Gasteiger partial charge >= 0.3 is 18.0 Å². The molecule has 0 aliphatic heterocycles. The van der Waals surface area contributed by atoms with Gasteiger partial charge in [-0.25, -0.2) is 20.0 Å². The van der Waals surface area contributed by atoms with E-state index in [9.17, 15) is 29.6 Å². The largest absolute Gasteiger partial charge is 0.480 e. The van der Waals surface area contributed by atoms with Crippen LogP contribution in [0.2, 0.25) is 0 Å². The molecule has 0 fully saturated rings. The topological polar surface area (TPSA) is 148 Å². The van der Waals surface area contributed by atoms with Crippen molar-refractivity contribution in [2.24, 2.45) is 0 Å². The van der Waals surface area contributed by atoms with Crippen LogP contribution in [0.3, 0.4) is 0 Å². The van der Waals surface area contributed by atoms with E-state index in [2.05, 4.69) is 5.43 Å². The molecule has 39 heavy (non-hydrogen) atoms. The number of carbonyl (C=O) groups is 3. The van der Waals surface area contributed by atoms with Crippen LogP contribution in [0.25, 0.3) is 0 Å². The normalized spacial score (nSPS) is 12.1. The van der Waals surface area contributed by atoms with Crippen molar-refractivity contribution >= 4 is 23.7 Å². The maximum absolute atomic E-state index is 13.4. The number of amides is 1. The minimum absolute atomic E-state index is 0.0248. The molecule has 11 heteroatoms. The summed E-state index contributed by atoms with van der Waals surface area (Å²) in [5.41, 5.74) is 4.39. The SMILES string of the molecule is CCOC(=O)[C@H](Cc1ccccc1)N(N[C@@H](Cc1ccc([N+](=O)[O-])cc1)C(=O)O)C(=O)OCc1ccccc1. The first kappa shape index (κ1) is 28.8. The van der Waals surface area contributed by atoms with Gasteiger partial charge in [0.05, 0.1) is 11.5 Å². The molecule has 3 aromatic carbocycles. The molecule has 11 nitrogen and oxygen atoms in total. The van der Waals surface area contributed by atoms with Gasteiger partial charge < -0.3 is 14.6 Å². The number of carboxylic acids is 1. The molecule has 0 aliphatic rings. The molecular weight excluding hydrogens is 506 g/mol. The van der Waals surface area contributed by atoms with Crippen LogP contribution in [0.1, 0.15) is 23.6 Å². The molecule has 1 amide bonds. The first-order valence-electron chi connectivity index (χ1n) is 12.2. The highest BCUT2D eigenvalue weighted by Crippen LogP contribution is 2.16. The molecule has 2 N–H and O–H groups in total. The second-order valence-corrected chi connectivity index (χ2v) is 8.52. The van der Waals surface area contributed by atoms with E-state index in [1.54, 1.807) is 61.5 Å². The number of hydrogen-bond acceptors (Lipinski definition) is 8. The highest BCUT2D eigenvalue weighted by Gasteiger charge is 2.36. The number of carbonyl (C=O) groups excluding carboxylic acids is 2. The number of aliphatic carboxylic acids is 1. The molecule has 0 aromatic heterocycles. The fraction of sp³-hybridized carbons (Fsp3) is 0.250. The zero-order chi connectivity index (χ0) is 28.2. The second-order valence-electron chi connectivity index (χ2n) is 8.52. The van der Waals surface area contributed by atoms with Crippen LogP contribution in [-0.4, -0.2) is 51.8 Å². The zero-order valence-electron chi connectivity index (χ0n) is 21.3. The average molecular weight is 536 g/mol. The quantitative estimate of drug-likeness (QED) is 0.189. The van der Waals surface area contributed by atoms with Crippen molar-refractivity contribution in [2.45, 2.75) is 38.5 Å². The maximum Gasteiger partial charge on any atom is 0.425 e. The van der Waals surface area contributed by atoms with Crippen molar-refractivity contribution in [3.8, 4) is 0 Å². The van der Waals surface area contributed by atoms with Gasteiger partial charge in [0.15, 0.2) is 6.04 Å². The number of ether oxygens (including phenoxy) is 2. The molecule has 204 valence electrons. The number of nitrogens with zero attached hydrogens (tertiary/aromatic N) is 2. The van der Waals surface area contributed by atoms with E-state index in [1.165, 1.54) is 24.3 Å². The van der Waals surface area contributed by atoms with Gasteiger partial charge in [-0.3, -0.25) is 14.9 Å². The first-order valence-corrected chi connectivity index (χ1v) is 12.2. The fourth-order valence-corrected chi connectivity index (χ4v) is 3.76. The molecule has 0 bridgehead atoms. The minimum Gasteiger partial charge on any atom is -0.480 e. The number of nitro benzene ring substituents is 1. The van der Waals surface area contributed by atoms with Crippen molar-refractivity contribution in [2.75, 3.05) is 6.61 Å². The average Bonchev–Trinajstić information content (AvgIpc) is 2.94. The lowest BCUT2D eigenvalue weighted by Gasteiger charge is -2.32. The molecule has 2 atom stereocenters. The molecule has 0 saturated heterocycles. The van der Waals surface area contributed by atoms with Crippen molar-refractivity contribution < 1.29 is 33.9 Å². The van der Waals surface area contributed by atoms with Crippen LogP contribution in [0, 0.1) is 10.1 Å². The Bertz CT molecular complexity index is 1250. The monoisotopic (exact) mass is 535 g/mol. The summed E-state index contributed by atoms with van der Waals surface area (Å²) in [6.45, 7) is 1.55. The summed E-state index contributed by atoms with van der Waals surface area (Å²) < 4.78 is 10.7.